The van der Waals surface area contributed by atoms with Gasteiger partial charge in [0.15, 0.2) is 0 Å². The van der Waals surface area contributed by atoms with Gasteiger partial charge in [-0.25, -0.2) is 0 Å². The van der Waals surface area contributed by atoms with Crippen LogP contribution >= 0.6 is 15.9 Å². The number of aliphatic hydroxyl groups excluding tert-OH is 1. The van der Waals surface area contributed by atoms with Gasteiger partial charge >= 0.3 is 0 Å². The molecule has 0 bridgehead atoms. The lowest BCUT2D eigenvalue weighted by Gasteiger charge is -2.10. The van der Waals surface area contributed by atoms with Crippen molar-refractivity contribution in [3.05, 3.63) is 16.4 Å². The van der Waals surface area contributed by atoms with Crippen molar-refractivity contribution in [1.82, 2.24) is 9.78 Å². The molecule has 0 radical (unpaired) electrons. The van der Waals surface area contributed by atoms with Crippen LogP contribution in [0.25, 0.3) is 0 Å². The molecule has 1 atom stereocenters. The Labute approximate surface area is 85.6 Å². The topological polar surface area (TPSA) is 47.3 Å². The summed E-state index contributed by atoms with van der Waals surface area (Å²) in [6.45, 7) is 2.73. The molecule has 74 valence electrons. The average Bonchev–Trinajstić information content (AvgIpc) is 2.37. The van der Waals surface area contributed by atoms with Crippen LogP contribution < -0.4 is 0 Å². The summed E-state index contributed by atoms with van der Waals surface area (Å²) in [6.07, 6.45) is 1.21. The van der Waals surface area contributed by atoms with Gasteiger partial charge in [0.25, 0.3) is 0 Å². The molecule has 1 unspecified atom stereocenters. The van der Waals surface area contributed by atoms with Gasteiger partial charge in [-0.1, -0.05) is 0 Å². The first-order valence-corrected chi connectivity index (χ1v) is 4.79. The van der Waals surface area contributed by atoms with E-state index >= 15 is 0 Å². The molecule has 0 saturated carbocycles. The maximum absolute atomic E-state index is 9.44. The summed E-state index contributed by atoms with van der Waals surface area (Å²) < 4.78 is 7.52. The summed E-state index contributed by atoms with van der Waals surface area (Å²) in [5.74, 6) is 0. The van der Waals surface area contributed by atoms with Gasteiger partial charge in [0.2, 0.25) is 0 Å². The highest BCUT2D eigenvalue weighted by molar-refractivity contribution is 9.10. The second kappa shape index (κ2) is 4.74. The predicted octanol–water partition coefficient (Wildman–Crippen LogP) is 0.961. The van der Waals surface area contributed by atoms with Crippen LogP contribution in [0.4, 0.5) is 0 Å². The summed E-state index contributed by atoms with van der Waals surface area (Å²) in [4.78, 5) is 0. The van der Waals surface area contributed by atoms with Crippen molar-refractivity contribution in [2.24, 2.45) is 0 Å². The van der Waals surface area contributed by atoms with Crippen LogP contribution in [0.2, 0.25) is 0 Å². The lowest BCUT2D eigenvalue weighted by atomic mass is 10.3. The monoisotopic (exact) mass is 248 g/mol. The van der Waals surface area contributed by atoms with Crippen molar-refractivity contribution in [2.75, 3.05) is 13.7 Å². The maximum Gasteiger partial charge on any atom is 0.0968 e. The normalized spacial score (nSPS) is 13.2. The largest absolute Gasteiger partial charge is 0.389 e. The van der Waals surface area contributed by atoms with Crippen LogP contribution in [0.1, 0.15) is 5.69 Å². The molecule has 1 N–H and O–H groups in total. The molecule has 0 aromatic carbocycles. The van der Waals surface area contributed by atoms with Crippen molar-refractivity contribution < 1.29 is 9.84 Å². The molecule has 0 aliphatic heterocycles. The molecule has 0 amide bonds. The lowest BCUT2D eigenvalue weighted by molar-refractivity contribution is 0.0510. The van der Waals surface area contributed by atoms with Crippen LogP contribution in [0.5, 0.6) is 0 Å². The smallest absolute Gasteiger partial charge is 0.0968 e. The number of methoxy groups -OCH3 is 1. The highest BCUT2D eigenvalue weighted by Gasteiger charge is 2.08. The van der Waals surface area contributed by atoms with Gasteiger partial charge in [-0.05, 0) is 22.9 Å². The average molecular weight is 249 g/mol. The molecule has 0 aliphatic carbocycles. The predicted molar refractivity (Wildman–Crippen MR) is 52.5 cm³/mol. The molecule has 1 aromatic heterocycles. The zero-order valence-corrected chi connectivity index (χ0v) is 9.28. The third kappa shape index (κ3) is 2.79. The molecule has 1 rings (SSSR count). The van der Waals surface area contributed by atoms with Gasteiger partial charge in [0.05, 0.1) is 29.9 Å². The molecule has 5 heteroatoms. The van der Waals surface area contributed by atoms with Crippen LogP contribution in [-0.4, -0.2) is 34.7 Å². The van der Waals surface area contributed by atoms with Gasteiger partial charge in [0, 0.05) is 12.8 Å². The maximum atomic E-state index is 9.44. The lowest BCUT2D eigenvalue weighted by Crippen LogP contribution is -2.22. The first kappa shape index (κ1) is 10.7. The molecule has 13 heavy (non-hydrogen) atoms. The number of aromatic nitrogens is 2. The van der Waals surface area contributed by atoms with E-state index in [4.69, 9.17) is 4.74 Å². The van der Waals surface area contributed by atoms with Gasteiger partial charge in [-0.15, -0.1) is 0 Å². The first-order valence-electron chi connectivity index (χ1n) is 4.00. The fourth-order valence-corrected chi connectivity index (χ4v) is 1.35. The Balaban J connectivity index is 2.58. The summed E-state index contributed by atoms with van der Waals surface area (Å²) >= 11 is 3.35. The molecule has 1 aromatic rings. The molecule has 0 fully saturated rings. The fraction of sp³-hybridized carbons (Fsp3) is 0.625. The Morgan fingerprint density at radius 2 is 2.46 bits per heavy atom. The van der Waals surface area contributed by atoms with Crippen molar-refractivity contribution in [3.8, 4) is 0 Å². The van der Waals surface area contributed by atoms with E-state index in [0.717, 1.165) is 10.2 Å². The Hall–Kier alpha value is -0.390. The van der Waals surface area contributed by atoms with Crippen molar-refractivity contribution in [1.29, 1.82) is 0 Å². The minimum Gasteiger partial charge on any atom is -0.389 e. The summed E-state index contributed by atoms with van der Waals surface area (Å²) in [7, 11) is 1.56. The van der Waals surface area contributed by atoms with Crippen LogP contribution in [0.3, 0.4) is 0 Å². The zero-order chi connectivity index (χ0) is 9.84. The number of aliphatic hydroxyl groups is 1. The minimum atomic E-state index is -0.504. The van der Waals surface area contributed by atoms with Crippen molar-refractivity contribution >= 4 is 15.9 Å². The van der Waals surface area contributed by atoms with E-state index in [1.165, 1.54) is 0 Å². The van der Waals surface area contributed by atoms with E-state index in [9.17, 15) is 5.11 Å². The SMILES string of the molecule is COCC(O)Cn1ncc(Br)c1C. The number of nitrogens with zero attached hydrogens (tertiary/aromatic N) is 2. The third-order valence-electron chi connectivity index (χ3n) is 1.79. The molecular formula is C8H13BrN2O2. The zero-order valence-electron chi connectivity index (χ0n) is 7.70. The summed E-state index contributed by atoms with van der Waals surface area (Å²) in [5.41, 5.74) is 1.01. The van der Waals surface area contributed by atoms with E-state index in [1.807, 2.05) is 6.92 Å². The standard InChI is InChI=1S/C8H13BrN2O2/c1-6-8(9)3-10-11(6)4-7(12)5-13-2/h3,7,12H,4-5H2,1-2H3. The van der Waals surface area contributed by atoms with Crippen molar-refractivity contribution in [3.63, 3.8) is 0 Å². The third-order valence-corrected chi connectivity index (χ3v) is 2.56. The van der Waals surface area contributed by atoms with E-state index in [2.05, 4.69) is 21.0 Å². The minimum absolute atomic E-state index is 0.330. The number of hydrogen-bond donors (Lipinski definition) is 1. The highest BCUT2D eigenvalue weighted by Crippen LogP contribution is 2.14. The van der Waals surface area contributed by atoms with Crippen LogP contribution in [0, 0.1) is 6.92 Å². The van der Waals surface area contributed by atoms with E-state index < -0.39 is 6.10 Å². The summed E-state index contributed by atoms with van der Waals surface area (Å²) in [5, 5.41) is 13.5. The Bertz CT molecular complexity index is 275. The molecule has 0 saturated heterocycles. The molecule has 4 nitrogen and oxygen atoms in total. The number of ether oxygens (including phenoxy) is 1. The number of rotatable bonds is 4. The van der Waals surface area contributed by atoms with E-state index in [-0.39, 0.29) is 0 Å². The van der Waals surface area contributed by atoms with Gasteiger partial charge in [0.1, 0.15) is 0 Å². The second-order valence-corrected chi connectivity index (χ2v) is 3.72. The van der Waals surface area contributed by atoms with Gasteiger partial charge < -0.3 is 9.84 Å². The number of halogens is 1. The van der Waals surface area contributed by atoms with Crippen LogP contribution in [0.15, 0.2) is 10.7 Å². The highest BCUT2D eigenvalue weighted by atomic mass is 79.9. The van der Waals surface area contributed by atoms with Gasteiger partial charge in [-0.3, -0.25) is 4.68 Å². The molecule has 0 spiro atoms. The van der Waals surface area contributed by atoms with Crippen molar-refractivity contribution in [2.45, 2.75) is 19.6 Å². The van der Waals surface area contributed by atoms with Gasteiger partial charge in [-0.2, -0.15) is 5.10 Å². The Morgan fingerprint density at radius 3 is 2.92 bits per heavy atom. The Morgan fingerprint density at radius 1 is 1.77 bits per heavy atom. The van der Waals surface area contributed by atoms with E-state index in [0.29, 0.717) is 13.2 Å². The van der Waals surface area contributed by atoms with E-state index in [1.54, 1.807) is 18.0 Å². The molecule has 0 aliphatic rings. The fourth-order valence-electron chi connectivity index (χ4n) is 1.05. The number of hydrogen-bond acceptors (Lipinski definition) is 3. The molecule has 1 heterocycles. The summed E-state index contributed by atoms with van der Waals surface area (Å²) in [6, 6.07) is 0. The second-order valence-electron chi connectivity index (χ2n) is 2.87. The van der Waals surface area contributed by atoms with Crippen LogP contribution in [-0.2, 0) is 11.3 Å². The molecular weight excluding hydrogens is 236 g/mol. The quantitative estimate of drug-likeness (QED) is 0.864. The first-order chi connectivity index (χ1) is 6.15. The Kier molecular flexibility index (Phi) is 3.90.